The van der Waals surface area contributed by atoms with Gasteiger partial charge in [0.15, 0.2) is 15.1 Å². The van der Waals surface area contributed by atoms with Gasteiger partial charge in [-0.3, -0.25) is 0 Å². The van der Waals surface area contributed by atoms with Crippen molar-refractivity contribution in [3.8, 4) is 11.5 Å². The number of aromatic hydroxyl groups is 1. The molecule has 0 aliphatic rings. The van der Waals surface area contributed by atoms with Gasteiger partial charge in [0.05, 0.1) is 0 Å². The molecule has 27 heavy (non-hydrogen) atoms. The first-order valence-electron chi connectivity index (χ1n) is 10.8. The number of hydrogen-bond donors (Lipinski definition) is 1. The molecule has 2 aromatic rings. The predicted molar refractivity (Wildman–Crippen MR) is 110 cm³/mol. The van der Waals surface area contributed by atoms with E-state index in [1.165, 1.54) is 25.3 Å². The summed E-state index contributed by atoms with van der Waals surface area (Å²) in [6.45, 7) is 9.25. The number of ether oxygens (including phenoxy) is 2. The Kier molecular flexibility index (Phi) is 5.19. The van der Waals surface area contributed by atoms with Crippen LogP contribution in [0, 0.1) is 5.82 Å². The molecular weight excluding hydrogens is 363 g/mol. The minimum absolute atomic E-state index is 0.0623. The lowest BCUT2D eigenvalue weighted by Crippen LogP contribution is -2.41. The standard InChI is InChI=1S/C21H31FO4Si/c1-21(2,3)27(5,6)26-11-7-8-17-18(22)10-9-15-12-16(25-14-24-4)13-19(23)20(15)17/h9-10,12-13,23H,7-8,11,14H2,1-6H3/i7D2,8D2. The molecule has 0 saturated carbocycles. The highest BCUT2D eigenvalue weighted by atomic mass is 28.4. The smallest absolute Gasteiger partial charge is 0.191 e. The lowest BCUT2D eigenvalue weighted by Gasteiger charge is -2.36. The van der Waals surface area contributed by atoms with E-state index in [1.807, 2.05) is 33.9 Å². The van der Waals surface area contributed by atoms with Crippen molar-refractivity contribution < 1.29 is 28.9 Å². The van der Waals surface area contributed by atoms with Crippen LogP contribution in [0.3, 0.4) is 0 Å². The van der Waals surface area contributed by atoms with E-state index in [4.69, 9.17) is 19.4 Å². The highest BCUT2D eigenvalue weighted by Gasteiger charge is 2.36. The summed E-state index contributed by atoms with van der Waals surface area (Å²) in [5.74, 6) is -1.10. The van der Waals surface area contributed by atoms with Crippen LogP contribution in [0.1, 0.15) is 38.2 Å². The first-order chi connectivity index (χ1) is 14.0. The molecule has 0 spiro atoms. The summed E-state index contributed by atoms with van der Waals surface area (Å²) in [5, 5.41) is 10.6. The Morgan fingerprint density at radius 2 is 1.93 bits per heavy atom. The molecule has 0 saturated heterocycles. The van der Waals surface area contributed by atoms with Gasteiger partial charge in [-0.1, -0.05) is 26.8 Å². The highest BCUT2D eigenvalue weighted by Crippen LogP contribution is 2.37. The number of rotatable bonds is 8. The number of aryl methyl sites for hydroxylation is 1. The number of benzene rings is 2. The van der Waals surface area contributed by atoms with Crippen molar-refractivity contribution in [1.29, 1.82) is 0 Å². The summed E-state index contributed by atoms with van der Waals surface area (Å²) in [5.41, 5.74) is -0.551. The van der Waals surface area contributed by atoms with Gasteiger partial charge in [0.2, 0.25) is 0 Å². The van der Waals surface area contributed by atoms with Crippen molar-refractivity contribution in [2.45, 2.75) is 51.6 Å². The molecule has 0 heterocycles. The molecule has 1 N–H and O–H groups in total. The van der Waals surface area contributed by atoms with E-state index in [-0.39, 0.29) is 23.0 Å². The fourth-order valence-electron chi connectivity index (χ4n) is 2.28. The van der Waals surface area contributed by atoms with Crippen molar-refractivity contribution in [2.24, 2.45) is 0 Å². The van der Waals surface area contributed by atoms with Gasteiger partial charge in [-0.25, -0.2) is 4.39 Å². The van der Waals surface area contributed by atoms with Crippen LogP contribution in [0.2, 0.25) is 18.1 Å². The molecule has 0 unspecified atom stereocenters. The van der Waals surface area contributed by atoms with Gasteiger partial charge in [-0.05, 0) is 54.0 Å². The molecule has 4 nitrogen and oxygen atoms in total. The van der Waals surface area contributed by atoms with Gasteiger partial charge in [-0.15, -0.1) is 0 Å². The lowest BCUT2D eigenvalue weighted by atomic mass is 9.99. The Morgan fingerprint density at radius 3 is 2.56 bits per heavy atom. The second-order valence-corrected chi connectivity index (χ2v) is 12.7. The highest BCUT2D eigenvalue weighted by molar-refractivity contribution is 6.74. The average Bonchev–Trinajstić information content (AvgIpc) is 2.64. The van der Waals surface area contributed by atoms with E-state index in [0.717, 1.165) is 6.07 Å². The van der Waals surface area contributed by atoms with Gasteiger partial charge >= 0.3 is 0 Å². The van der Waals surface area contributed by atoms with Crippen molar-refractivity contribution >= 4 is 19.1 Å². The summed E-state index contributed by atoms with van der Waals surface area (Å²) in [6.07, 6.45) is -5.35. The minimum Gasteiger partial charge on any atom is -0.507 e. The first-order valence-corrected chi connectivity index (χ1v) is 11.7. The quantitative estimate of drug-likeness (QED) is 0.463. The summed E-state index contributed by atoms with van der Waals surface area (Å²) in [6, 6.07) is 5.17. The zero-order valence-corrected chi connectivity index (χ0v) is 17.8. The van der Waals surface area contributed by atoms with Crippen LogP contribution >= 0.6 is 0 Å². The number of phenols is 1. The van der Waals surface area contributed by atoms with Crippen LogP contribution in [-0.4, -0.2) is 33.9 Å². The molecule has 0 aliphatic heterocycles. The van der Waals surface area contributed by atoms with E-state index in [2.05, 4.69) is 0 Å². The monoisotopic (exact) mass is 398 g/mol. The Bertz CT molecular complexity index is 945. The maximum atomic E-state index is 14.9. The number of halogens is 1. The van der Waals surface area contributed by atoms with Crippen LogP contribution in [-0.2, 0) is 15.5 Å². The van der Waals surface area contributed by atoms with Gasteiger partial charge < -0.3 is 19.0 Å². The molecule has 0 atom stereocenters. The van der Waals surface area contributed by atoms with Gasteiger partial charge in [0.25, 0.3) is 0 Å². The van der Waals surface area contributed by atoms with Crippen LogP contribution in [0.5, 0.6) is 11.5 Å². The molecule has 150 valence electrons. The minimum atomic E-state index is -2.79. The maximum absolute atomic E-state index is 14.9. The number of hydrogen-bond acceptors (Lipinski definition) is 4. The molecule has 0 amide bonds. The summed E-state index contributed by atoms with van der Waals surface area (Å²) in [7, 11) is -0.930. The van der Waals surface area contributed by atoms with Crippen molar-refractivity contribution in [3.63, 3.8) is 0 Å². The molecular formula is C21H31FO4Si. The van der Waals surface area contributed by atoms with E-state index in [0.29, 0.717) is 5.39 Å². The molecule has 0 aromatic heterocycles. The molecule has 2 rings (SSSR count). The Balaban J connectivity index is 2.54. The predicted octanol–water partition coefficient (Wildman–Crippen LogP) is 5.62. The third kappa shape index (κ3) is 5.21. The number of phenolic OH excluding ortho intramolecular Hbond substituents is 1. The van der Waals surface area contributed by atoms with Crippen LogP contribution < -0.4 is 4.74 Å². The second-order valence-electron chi connectivity index (χ2n) is 7.86. The Morgan fingerprint density at radius 1 is 1.22 bits per heavy atom. The normalized spacial score (nSPS) is 15.8. The van der Waals surface area contributed by atoms with E-state index >= 15 is 0 Å². The summed E-state index contributed by atoms with van der Waals surface area (Å²) >= 11 is 0. The maximum Gasteiger partial charge on any atom is 0.191 e. The van der Waals surface area contributed by atoms with Crippen molar-refractivity contribution in [2.75, 3.05) is 20.5 Å². The molecule has 0 radical (unpaired) electrons. The molecule has 0 fully saturated rings. The summed E-state index contributed by atoms with van der Waals surface area (Å²) in [4.78, 5) is 0. The topological polar surface area (TPSA) is 47.9 Å². The van der Waals surface area contributed by atoms with Crippen LogP contribution in [0.15, 0.2) is 24.3 Å². The van der Waals surface area contributed by atoms with Crippen LogP contribution in [0.4, 0.5) is 4.39 Å². The Labute approximate surface area is 168 Å². The number of methoxy groups -OCH3 is 1. The molecule has 0 bridgehead atoms. The summed E-state index contributed by atoms with van der Waals surface area (Å²) < 4.78 is 64.9. The van der Waals surface area contributed by atoms with E-state index < -0.39 is 44.8 Å². The fraction of sp³-hybridized carbons (Fsp3) is 0.524. The second kappa shape index (κ2) is 8.58. The first kappa shape index (κ1) is 16.3. The third-order valence-corrected chi connectivity index (χ3v) is 9.37. The third-order valence-electron chi connectivity index (χ3n) is 4.89. The Hall–Kier alpha value is -1.63. The van der Waals surface area contributed by atoms with Crippen LogP contribution in [0.25, 0.3) is 10.8 Å². The lowest BCUT2D eigenvalue weighted by molar-refractivity contribution is 0.0511. The molecule has 2 aromatic carbocycles. The fourth-order valence-corrected chi connectivity index (χ4v) is 3.15. The zero-order valence-electron chi connectivity index (χ0n) is 20.8. The molecule has 0 aliphatic carbocycles. The average molecular weight is 399 g/mol. The van der Waals surface area contributed by atoms with Crippen molar-refractivity contribution in [3.05, 3.63) is 35.6 Å². The number of fused-ring (bicyclic) bond motifs is 1. The van der Waals surface area contributed by atoms with E-state index in [1.54, 1.807) is 0 Å². The van der Waals surface area contributed by atoms with E-state index in [9.17, 15) is 9.50 Å². The largest absolute Gasteiger partial charge is 0.507 e. The zero-order chi connectivity index (χ0) is 23.8. The SMILES string of the molecule is [2H]C([2H])(CO[Si](C)(C)C(C)(C)C)C([2H])([2H])c1c(F)ccc2cc(OCOC)cc(O)c12. The van der Waals surface area contributed by atoms with Gasteiger partial charge in [0.1, 0.15) is 17.3 Å². The van der Waals surface area contributed by atoms with Gasteiger partial charge in [0, 0.05) is 30.7 Å². The van der Waals surface area contributed by atoms with Crippen molar-refractivity contribution in [1.82, 2.24) is 0 Å². The molecule has 6 heteroatoms. The van der Waals surface area contributed by atoms with Gasteiger partial charge in [-0.2, -0.15) is 0 Å².